The fourth-order valence-corrected chi connectivity index (χ4v) is 1.76. The first-order valence-corrected chi connectivity index (χ1v) is 5.35. The third-order valence-electron chi connectivity index (χ3n) is 2.73. The van der Waals surface area contributed by atoms with Gasteiger partial charge in [-0.05, 0) is 13.3 Å². The number of hydrogen-bond acceptors (Lipinski definition) is 4. The van der Waals surface area contributed by atoms with Crippen LogP contribution in [0.15, 0.2) is 0 Å². The topological polar surface area (TPSA) is 119 Å². The lowest BCUT2D eigenvalue weighted by atomic mass is 10.0. The molecule has 0 bridgehead atoms. The monoisotopic (exact) mass is 244 g/mol. The molecular weight excluding hydrogens is 228 g/mol. The second-order valence-electron chi connectivity index (χ2n) is 4.04. The van der Waals surface area contributed by atoms with Crippen molar-refractivity contribution in [3.8, 4) is 0 Å². The quantitative estimate of drug-likeness (QED) is 0.564. The molecule has 17 heavy (non-hydrogen) atoms. The summed E-state index contributed by atoms with van der Waals surface area (Å²) in [6.45, 7) is 2.23. The van der Waals surface area contributed by atoms with Crippen LogP contribution in [-0.2, 0) is 19.1 Å². The van der Waals surface area contributed by atoms with E-state index in [4.69, 9.17) is 15.6 Å². The number of rotatable bonds is 5. The Morgan fingerprint density at radius 3 is 2.59 bits per heavy atom. The average Bonchev–Trinajstić information content (AvgIpc) is 2.62. The van der Waals surface area contributed by atoms with E-state index in [1.165, 1.54) is 0 Å². The number of amides is 2. The van der Waals surface area contributed by atoms with Crippen molar-refractivity contribution in [2.24, 2.45) is 11.7 Å². The highest BCUT2D eigenvalue weighted by Crippen LogP contribution is 2.20. The van der Waals surface area contributed by atoms with Crippen molar-refractivity contribution in [3.63, 3.8) is 0 Å². The molecule has 0 saturated carbocycles. The Morgan fingerprint density at radius 2 is 2.18 bits per heavy atom. The van der Waals surface area contributed by atoms with Crippen LogP contribution in [0.1, 0.15) is 19.8 Å². The van der Waals surface area contributed by atoms with Crippen molar-refractivity contribution in [2.75, 3.05) is 6.61 Å². The zero-order chi connectivity index (χ0) is 13.0. The van der Waals surface area contributed by atoms with Crippen LogP contribution < -0.4 is 11.1 Å². The Hall–Kier alpha value is -1.63. The number of nitrogens with two attached hydrogens (primary N) is 1. The van der Waals surface area contributed by atoms with Crippen molar-refractivity contribution in [3.05, 3.63) is 0 Å². The van der Waals surface area contributed by atoms with Gasteiger partial charge in [-0.25, -0.2) is 4.79 Å². The van der Waals surface area contributed by atoms with E-state index in [1.807, 2.05) is 0 Å². The molecule has 0 aliphatic carbocycles. The molecule has 7 nitrogen and oxygen atoms in total. The summed E-state index contributed by atoms with van der Waals surface area (Å²) in [6.07, 6.45) is -0.100. The fourth-order valence-electron chi connectivity index (χ4n) is 1.76. The van der Waals surface area contributed by atoms with Crippen LogP contribution in [0.4, 0.5) is 0 Å². The Balaban J connectivity index is 2.57. The summed E-state index contributed by atoms with van der Waals surface area (Å²) in [5.41, 5.74) is 4.91. The molecule has 96 valence electrons. The Kier molecular flexibility index (Phi) is 4.45. The Bertz CT molecular complexity index is 331. The summed E-state index contributed by atoms with van der Waals surface area (Å²) in [4.78, 5) is 33.2. The molecule has 3 atom stereocenters. The minimum Gasteiger partial charge on any atom is -0.480 e. The minimum absolute atomic E-state index is 0.238. The molecule has 7 heteroatoms. The highest BCUT2D eigenvalue weighted by atomic mass is 16.5. The molecule has 1 aliphatic rings. The minimum atomic E-state index is -1.27. The van der Waals surface area contributed by atoms with Crippen molar-refractivity contribution < 1.29 is 24.2 Å². The molecule has 1 rings (SSSR count). The summed E-state index contributed by atoms with van der Waals surface area (Å²) < 4.78 is 5.21. The number of carboxylic acid groups (broad SMARTS) is 1. The number of nitrogens with one attached hydrogen (secondary N) is 1. The molecule has 0 aromatic rings. The lowest BCUT2D eigenvalue weighted by Gasteiger charge is -2.18. The third kappa shape index (κ3) is 3.70. The highest BCUT2D eigenvalue weighted by Gasteiger charge is 2.33. The fraction of sp³-hybridized carbons (Fsp3) is 0.700. The number of aliphatic carboxylic acids is 1. The number of carbonyl (C=O) groups is 3. The maximum atomic E-state index is 11.7. The first-order valence-electron chi connectivity index (χ1n) is 5.35. The van der Waals surface area contributed by atoms with Crippen LogP contribution in [0.25, 0.3) is 0 Å². The summed E-state index contributed by atoms with van der Waals surface area (Å²) >= 11 is 0. The van der Waals surface area contributed by atoms with Crippen molar-refractivity contribution in [1.29, 1.82) is 0 Å². The van der Waals surface area contributed by atoms with Gasteiger partial charge in [0.15, 0.2) is 0 Å². The van der Waals surface area contributed by atoms with E-state index in [1.54, 1.807) is 6.92 Å². The van der Waals surface area contributed by atoms with E-state index in [-0.39, 0.29) is 12.0 Å². The van der Waals surface area contributed by atoms with Gasteiger partial charge in [0.25, 0.3) is 0 Å². The molecule has 0 radical (unpaired) electrons. The normalized spacial score (nSPS) is 25.2. The van der Waals surface area contributed by atoms with E-state index < -0.39 is 30.2 Å². The summed E-state index contributed by atoms with van der Waals surface area (Å²) in [6, 6.07) is -1.27. The van der Waals surface area contributed by atoms with Gasteiger partial charge in [0.05, 0.1) is 18.4 Å². The summed E-state index contributed by atoms with van der Waals surface area (Å²) in [5, 5.41) is 11.1. The van der Waals surface area contributed by atoms with Crippen LogP contribution >= 0.6 is 0 Å². The van der Waals surface area contributed by atoms with Gasteiger partial charge in [-0.2, -0.15) is 0 Å². The van der Waals surface area contributed by atoms with Crippen LogP contribution in [0.2, 0.25) is 0 Å². The maximum absolute atomic E-state index is 11.7. The van der Waals surface area contributed by atoms with Gasteiger partial charge in [0, 0.05) is 6.61 Å². The van der Waals surface area contributed by atoms with Crippen molar-refractivity contribution in [1.82, 2.24) is 5.32 Å². The third-order valence-corrected chi connectivity index (χ3v) is 2.73. The first kappa shape index (κ1) is 13.4. The van der Waals surface area contributed by atoms with Gasteiger partial charge >= 0.3 is 5.97 Å². The zero-order valence-corrected chi connectivity index (χ0v) is 9.51. The van der Waals surface area contributed by atoms with Crippen LogP contribution in [0.3, 0.4) is 0 Å². The van der Waals surface area contributed by atoms with Crippen molar-refractivity contribution >= 4 is 17.8 Å². The predicted octanol–water partition coefficient (Wildman–Crippen LogP) is -1.14. The molecule has 2 unspecified atom stereocenters. The van der Waals surface area contributed by atoms with Crippen LogP contribution in [-0.4, -0.2) is 41.6 Å². The summed E-state index contributed by atoms with van der Waals surface area (Å²) in [5.74, 6) is -2.83. The molecule has 1 saturated heterocycles. The molecular formula is C10H16N2O5. The van der Waals surface area contributed by atoms with Crippen LogP contribution in [0, 0.1) is 5.92 Å². The van der Waals surface area contributed by atoms with E-state index in [0.717, 1.165) is 0 Å². The zero-order valence-electron chi connectivity index (χ0n) is 9.51. The number of hydrogen-bond donors (Lipinski definition) is 3. The van der Waals surface area contributed by atoms with Gasteiger partial charge in [0.2, 0.25) is 11.8 Å². The van der Waals surface area contributed by atoms with Gasteiger partial charge in [-0.1, -0.05) is 0 Å². The average molecular weight is 244 g/mol. The molecule has 2 amide bonds. The van der Waals surface area contributed by atoms with E-state index in [2.05, 4.69) is 5.32 Å². The molecule has 4 N–H and O–H groups in total. The van der Waals surface area contributed by atoms with Gasteiger partial charge in [-0.15, -0.1) is 0 Å². The SMILES string of the molecule is CC1OCCC1C(=O)N[C@H](CC(N)=O)C(=O)O. The largest absolute Gasteiger partial charge is 0.480 e. The molecule has 0 spiro atoms. The maximum Gasteiger partial charge on any atom is 0.326 e. The second kappa shape index (κ2) is 5.62. The predicted molar refractivity (Wildman–Crippen MR) is 56.9 cm³/mol. The van der Waals surface area contributed by atoms with Crippen molar-refractivity contribution in [2.45, 2.75) is 31.9 Å². The number of primary amides is 1. The lowest BCUT2D eigenvalue weighted by molar-refractivity contribution is -0.144. The Morgan fingerprint density at radius 1 is 1.53 bits per heavy atom. The highest BCUT2D eigenvalue weighted by molar-refractivity contribution is 5.89. The van der Waals surface area contributed by atoms with E-state index >= 15 is 0 Å². The molecule has 1 fully saturated rings. The smallest absolute Gasteiger partial charge is 0.326 e. The Labute approximate surface area is 98.3 Å². The van der Waals surface area contributed by atoms with E-state index in [9.17, 15) is 14.4 Å². The van der Waals surface area contributed by atoms with Gasteiger partial charge in [-0.3, -0.25) is 9.59 Å². The molecule has 1 heterocycles. The second-order valence-corrected chi connectivity index (χ2v) is 4.04. The standard InChI is InChI=1S/C10H16N2O5/c1-5-6(2-3-17-5)9(14)12-7(10(15)16)4-8(11)13/h5-7H,2-4H2,1H3,(H2,11,13)(H,12,14)(H,15,16)/t5?,6?,7-/m1/s1. The number of carboxylic acids is 1. The lowest BCUT2D eigenvalue weighted by Crippen LogP contribution is -2.46. The summed E-state index contributed by atoms with van der Waals surface area (Å²) in [7, 11) is 0. The van der Waals surface area contributed by atoms with Crippen LogP contribution in [0.5, 0.6) is 0 Å². The van der Waals surface area contributed by atoms with Gasteiger partial charge < -0.3 is 20.9 Å². The molecule has 0 aromatic carbocycles. The number of carbonyl (C=O) groups excluding carboxylic acids is 2. The van der Waals surface area contributed by atoms with Gasteiger partial charge in [0.1, 0.15) is 6.04 Å². The first-order chi connectivity index (χ1) is 7.91. The molecule has 0 aromatic heterocycles. The van der Waals surface area contributed by atoms with E-state index in [0.29, 0.717) is 13.0 Å². The number of ether oxygens (including phenoxy) is 1. The molecule has 1 aliphatic heterocycles.